The van der Waals surface area contributed by atoms with E-state index in [1.807, 2.05) is 0 Å². The molecule has 2 N–H and O–H groups in total. The molecule has 0 unspecified atom stereocenters. The normalized spacial score (nSPS) is 10.4. The Bertz CT molecular complexity index is 523. The van der Waals surface area contributed by atoms with Crippen molar-refractivity contribution in [2.24, 2.45) is 0 Å². The molecule has 2 aromatic rings. The van der Waals surface area contributed by atoms with Crippen molar-refractivity contribution in [2.45, 2.75) is 6.61 Å². The summed E-state index contributed by atoms with van der Waals surface area (Å²) in [5.41, 5.74) is 5.71. The van der Waals surface area contributed by atoms with Crippen molar-refractivity contribution < 1.29 is 13.5 Å². The average Bonchev–Trinajstić information content (AvgIpc) is 2.36. The van der Waals surface area contributed by atoms with Gasteiger partial charge < -0.3 is 10.5 Å². The van der Waals surface area contributed by atoms with Crippen LogP contribution >= 0.6 is 11.6 Å². The van der Waals surface area contributed by atoms with E-state index in [1.54, 1.807) is 12.1 Å². The topological polar surface area (TPSA) is 35.2 Å². The van der Waals surface area contributed by atoms with E-state index in [0.29, 0.717) is 0 Å². The monoisotopic (exact) mass is 269 g/mol. The first-order chi connectivity index (χ1) is 8.59. The highest BCUT2D eigenvalue weighted by molar-refractivity contribution is 6.30. The Kier molecular flexibility index (Phi) is 3.67. The van der Waals surface area contributed by atoms with Gasteiger partial charge in [0.2, 0.25) is 0 Å². The molecule has 0 atom stereocenters. The summed E-state index contributed by atoms with van der Waals surface area (Å²) in [6.07, 6.45) is 0. The zero-order valence-electron chi connectivity index (χ0n) is 9.29. The fourth-order valence-corrected chi connectivity index (χ4v) is 1.63. The number of hydrogen-bond donors (Lipinski definition) is 1. The number of ether oxygens (including phenoxy) is 1. The first kappa shape index (κ1) is 12.6. The van der Waals surface area contributed by atoms with Gasteiger partial charge in [-0.25, -0.2) is 8.78 Å². The summed E-state index contributed by atoms with van der Waals surface area (Å²) in [7, 11) is 0. The van der Waals surface area contributed by atoms with Crippen LogP contribution in [-0.4, -0.2) is 0 Å². The van der Waals surface area contributed by atoms with Gasteiger partial charge in [0, 0.05) is 5.56 Å². The minimum Gasteiger partial charge on any atom is -0.486 e. The summed E-state index contributed by atoms with van der Waals surface area (Å²) >= 11 is 5.60. The van der Waals surface area contributed by atoms with E-state index in [1.165, 1.54) is 24.3 Å². The zero-order chi connectivity index (χ0) is 13.1. The van der Waals surface area contributed by atoms with Gasteiger partial charge in [0.25, 0.3) is 0 Å². The van der Waals surface area contributed by atoms with Gasteiger partial charge in [0.05, 0.1) is 10.7 Å². The lowest BCUT2D eigenvalue weighted by Gasteiger charge is -2.09. The first-order valence-electron chi connectivity index (χ1n) is 5.19. The van der Waals surface area contributed by atoms with Crippen LogP contribution in [0.25, 0.3) is 0 Å². The Labute approximate surface area is 108 Å². The highest BCUT2D eigenvalue weighted by atomic mass is 35.5. The Hall–Kier alpha value is -1.81. The molecule has 94 valence electrons. The van der Waals surface area contributed by atoms with Gasteiger partial charge in [-0.2, -0.15) is 0 Å². The summed E-state index contributed by atoms with van der Waals surface area (Å²) in [6.45, 7) is -0.117. The van der Waals surface area contributed by atoms with Crippen molar-refractivity contribution in [2.75, 3.05) is 5.73 Å². The number of hydrogen-bond acceptors (Lipinski definition) is 2. The molecule has 0 bridgehead atoms. The summed E-state index contributed by atoms with van der Waals surface area (Å²) in [6, 6.07) is 8.95. The number of nitrogen functional groups attached to an aromatic ring is 1. The van der Waals surface area contributed by atoms with Crippen molar-refractivity contribution in [3.8, 4) is 5.75 Å². The predicted molar refractivity (Wildman–Crippen MR) is 66.6 cm³/mol. The summed E-state index contributed by atoms with van der Waals surface area (Å²) in [4.78, 5) is 0. The molecule has 2 rings (SSSR count). The third-order valence-electron chi connectivity index (χ3n) is 2.41. The van der Waals surface area contributed by atoms with Gasteiger partial charge in [-0.05, 0) is 18.2 Å². The molecule has 0 aliphatic heterocycles. The van der Waals surface area contributed by atoms with Crippen molar-refractivity contribution in [3.05, 3.63) is 58.6 Å². The number of anilines is 1. The van der Waals surface area contributed by atoms with Crippen molar-refractivity contribution >= 4 is 17.3 Å². The third kappa shape index (κ3) is 2.54. The molecule has 2 aromatic carbocycles. The van der Waals surface area contributed by atoms with Crippen molar-refractivity contribution in [1.29, 1.82) is 0 Å². The number of benzene rings is 2. The lowest BCUT2D eigenvalue weighted by Crippen LogP contribution is -2.02. The minimum atomic E-state index is -0.663. The van der Waals surface area contributed by atoms with E-state index >= 15 is 0 Å². The molecule has 0 fully saturated rings. The molecule has 0 radical (unpaired) electrons. The van der Waals surface area contributed by atoms with E-state index in [2.05, 4.69) is 0 Å². The van der Waals surface area contributed by atoms with E-state index < -0.39 is 11.6 Å². The van der Waals surface area contributed by atoms with Gasteiger partial charge in [-0.3, -0.25) is 0 Å². The summed E-state index contributed by atoms with van der Waals surface area (Å²) in [5, 5.41) is -0.0412. The SMILES string of the molecule is Nc1cccc(COc2cccc(Cl)c2F)c1F. The lowest BCUT2D eigenvalue weighted by atomic mass is 10.2. The minimum absolute atomic E-state index is 0.0238. The van der Waals surface area contributed by atoms with Crippen LogP contribution in [0.1, 0.15) is 5.56 Å². The second kappa shape index (κ2) is 5.23. The number of halogens is 3. The number of nitrogens with two attached hydrogens (primary N) is 1. The fraction of sp³-hybridized carbons (Fsp3) is 0.0769. The van der Waals surface area contributed by atoms with E-state index in [4.69, 9.17) is 22.1 Å². The predicted octanol–water partition coefficient (Wildman–Crippen LogP) is 3.78. The Morgan fingerprint density at radius 1 is 1.06 bits per heavy atom. The molecule has 0 aliphatic rings. The smallest absolute Gasteiger partial charge is 0.183 e. The molecule has 5 heteroatoms. The van der Waals surface area contributed by atoms with Crippen molar-refractivity contribution in [1.82, 2.24) is 0 Å². The van der Waals surface area contributed by atoms with Crippen molar-refractivity contribution in [3.63, 3.8) is 0 Å². The lowest BCUT2D eigenvalue weighted by molar-refractivity contribution is 0.285. The van der Waals surface area contributed by atoms with Crippen LogP contribution in [0.4, 0.5) is 14.5 Å². The largest absolute Gasteiger partial charge is 0.486 e. The molecule has 2 nitrogen and oxygen atoms in total. The third-order valence-corrected chi connectivity index (χ3v) is 2.70. The van der Waals surface area contributed by atoms with Crippen LogP contribution < -0.4 is 10.5 Å². The van der Waals surface area contributed by atoms with E-state index in [-0.39, 0.29) is 28.6 Å². The maximum absolute atomic E-state index is 13.6. The molecule has 0 heterocycles. The molecule has 0 saturated heterocycles. The molecule has 0 spiro atoms. The molecule has 0 aromatic heterocycles. The number of rotatable bonds is 3. The maximum Gasteiger partial charge on any atom is 0.183 e. The van der Waals surface area contributed by atoms with Crippen LogP contribution in [0, 0.1) is 11.6 Å². The van der Waals surface area contributed by atoms with Gasteiger partial charge in [-0.15, -0.1) is 0 Å². The maximum atomic E-state index is 13.6. The zero-order valence-corrected chi connectivity index (χ0v) is 10.0. The van der Waals surface area contributed by atoms with Gasteiger partial charge >= 0.3 is 0 Å². The standard InChI is InChI=1S/C13H10ClF2NO/c14-9-4-2-6-11(13(9)16)18-7-8-3-1-5-10(17)12(8)15/h1-6H,7,17H2. The van der Waals surface area contributed by atoms with Crippen LogP contribution in [0.15, 0.2) is 36.4 Å². The Morgan fingerprint density at radius 3 is 2.56 bits per heavy atom. The highest BCUT2D eigenvalue weighted by Crippen LogP contribution is 2.25. The summed E-state index contributed by atoms with van der Waals surface area (Å²) < 4.78 is 32.3. The Morgan fingerprint density at radius 2 is 1.78 bits per heavy atom. The molecule has 0 saturated carbocycles. The van der Waals surface area contributed by atoms with E-state index in [9.17, 15) is 8.78 Å². The van der Waals surface area contributed by atoms with Gasteiger partial charge in [0.1, 0.15) is 6.61 Å². The van der Waals surface area contributed by atoms with Crippen LogP contribution in [0.2, 0.25) is 5.02 Å². The van der Waals surface area contributed by atoms with Crippen LogP contribution in [-0.2, 0) is 6.61 Å². The first-order valence-corrected chi connectivity index (χ1v) is 5.57. The highest BCUT2D eigenvalue weighted by Gasteiger charge is 2.10. The Balaban J connectivity index is 2.17. The average molecular weight is 270 g/mol. The quantitative estimate of drug-likeness (QED) is 0.861. The molecule has 0 aliphatic carbocycles. The fourth-order valence-electron chi connectivity index (χ4n) is 1.46. The van der Waals surface area contributed by atoms with Crippen LogP contribution in [0.5, 0.6) is 5.75 Å². The van der Waals surface area contributed by atoms with Gasteiger partial charge in [-0.1, -0.05) is 29.8 Å². The molecule has 0 amide bonds. The molecular weight excluding hydrogens is 260 g/mol. The summed E-state index contributed by atoms with van der Waals surface area (Å²) in [5.74, 6) is -1.24. The molecule has 18 heavy (non-hydrogen) atoms. The molecular formula is C13H10ClF2NO. The second-order valence-electron chi connectivity index (χ2n) is 3.66. The van der Waals surface area contributed by atoms with Crippen LogP contribution in [0.3, 0.4) is 0 Å². The second-order valence-corrected chi connectivity index (χ2v) is 4.07. The van der Waals surface area contributed by atoms with E-state index in [0.717, 1.165) is 0 Å². The van der Waals surface area contributed by atoms with Gasteiger partial charge in [0.15, 0.2) is 17.4 Å².